The number of nitrogens with two attached hydrogens (primary N) is 1. The minimum Gasteiger partial charge on any atom is -0.379 e. The Morgan fingerprint density at radius 3 is 2.60 bits per heavy atom. The molecule has 0 aromatic rings. The van der Waals surface area contributed by atoms with E-state index in [1.807, 2.05) is 6.08 Å². The van der Waals surface area contributed by atoms with Crippen LogP contribution in [0, 0.1) is 5.41 Å². The van der Waals surface area contributed by atoms with Crippen LogP contribution in [-0.4, -0.2) is 10.9 Å². The SMILES string of the molecule is CC(Cl)=CCSC(=N)N.Cl. The van der Waals surface area contributed by atoms with Crippen molar-refractivity contribution in [3.63, 3.8) is 0 Å². The lowest BCUT2D eigenvalue weighted by atomic mass is 10.6. The van der Waals surface area contributed by atoms with Gasteiger partial charge in [-0.2, -0.15) is 0 Å². The van der Waals surface area contributed by atoms with Crippen LogP contribution in [0.2, 0.25) is 0 Å². The van der Waals surface area contributed by atoms with Gasteiger partial charge in [0.1, 0.15) is 0 Å². The molecule has 0 saturated carbocycles. The highest BCUT2D eigenvalue weighted by atomic mass is 35.5. The van der Waals surface area contributed by atoms with Gasteiger partial charge in [-0.3, -0.25) is 5.41 Å². The molecule has 0 saturated heterocycles. The molecule has 60 valence electrons. The van der Waals surface area contributed by atoms with Gasteiger partial charge in [0.15, 0.2) is 5.17 Å². The highest BCUT2D eigenvalue weighted by molar-refractivity contribution is 8.13. The van der Waals surface area contributed by atoms with Gasteiger partial charge in [-0.1, -0.05) is 29.4 Å². The topological polar surface area (TPSA) is 49.9 Å². The summed E-state index contributed by atoms with van der Waals surface area (Å²) in [6, 6.07) is 0. The second kappa shape index (κ2) is 7.25. The summed E-state index contributed by atoms with van der Waals surface area (Å²) in [5.74, 6) is 0.685. The minimum atomic E-state index is 0. The van der Waals surface area contributed by atoms with E-state index in [0.29, 0.717) is 5.75 Å². The molecule has 0 aromatic heterocycles. The van der Waals surface area contributed by atoms with E-state index in [4.69, 9.17) is 22.7 Å². The summed E-state index contributed by atoms with van der Waals surface area (Å²) < 4.78 is 0. The molecule has 0 atom stereocenters. The maximum absolute atomic E-state index is 6.81. The van der Waals surface area contributed by atoms with Crippen LogP contribution in [-0.2, 0) is 0 Å². The molecule has 5 heteroatoms. The molecule has 2 nitrogen and oxygen atoms in total. The molecule has 0 unspecified atom stereocenters. The maximum atomic E-state index is 6.81. The van der Waals surface area contributed by atoms with Crippen molar-refractivity contribution in [2.45, 2.75) is 6.92 Å². The third-order valence-electron chi connectivity index (χ3n) is 0.603. The Balaban J connectivity index is 0. The van der Waals surface area contributed by atoms with Crippen LogP contribution in [0.1, 0.15) is 6.92 Å². The molecule has 0 aliphatic carbocycles. The van der Waals surface area contributed by atoms with E-state index in [0.717, 1.165) is 5.03 Å². The van der Waals surface area contributed by atoms with Gasteiger partial charge in [0, 0.05) is 10.8 Å². The second-order valence-corrected chi connectivity index (χ2v) is 3.12. The number of nitrogens with one attached hydrogen (secondary N) is 1. The monoisotopic (exact) mass is 200 g/mol. The van der Waals surface area contributed by atoms with Crippen LogP contribution in [0.25, 0.3) is 0 Å². The molecule has 0 amide bonds. The quantitative estimate of drug-likeness (QED) is 0.531. The molecule has 0 spiro atoms. The summed E-state index contributed by atoms with van der Waals surface area (Å²) in [5.41, 5.74) is 5.05. The Labute approximate surface area is 76.1 Å². The van der Waals surface area contributed by atoms with Crippen LogP contribution in [0.4, 0.5) is 0 Å². The lowest BCUT2D eigenvalue weighted by Crippen LogP contribution is -2.03. The number of thioether (sulfide) groups is 1. The maximum Gasteiger partial charge on any atom is 0.151 e. The lowest BCUT2D eigenvalue weighted by molar-refractivity contribution is 1.50. The van der Waals surface area contributed by atoms with Crippen molar-refractivity contribution >= 4 is 40.9 Å². The van der Waals surface area contributed by atoms with E-state index in [2.05, 4.69) is 0 Å². The summed E-state index contributed by atoms with van der Waals surface area (Å²) in [6.45, 7) is 1.79. The third kappa shape index (κ3) is 11.0. The first-order valence-electron chi connectivity index (χ1n) is 2.42. The molecule has 0 aromatic carbocycles. The summed E-state index contributed by atoms with van der Waals surface area (Å²) in [7, 11) is 0. The van der Waals surface area contributed by atoms with Crippen molar-refractivity contribution in [1.29, 1.82) is 5.41 Å². The van der Waals surface area contributed by atoms with Gasteiger partial charge in [-0.25, -0.2) is 0 Å². The number of rotatable bonds is 2. The Bertz CT molecular complexity index is 132. The smallest absolute Gasteiger partial charge is 0.151 e. The average molecular weight is 201 g/mol. The minimum absolute atomic E-state index is 0. The van der Waals surface area contributed by atoms with E-state index in [9.17, 15) is 0 Å². The zero-order valence-electron chi connectivity index (χ0n) is 5.56. The van der Waals surface area contributed by atoms with Crippen molar-refractivity contribution in [3.8, 4) is 0 Å². The normalized spacial score (nSPS) is 10.4. The van der Waals surface area contributed by atoms with Gasteiger partial charge in [0.2, 0.25) is 0 Å². The van der Waals surface area contributed by atoms with E-state index in [1.165, 1.54) is 11.8 Å². The van der Waals surface area contributed by atoms with Crippen molar-refractivity contribution < 1.29 is 0 Å². The summed E-state index contributed by atoms with van der Waals surface area (Å²) in [5, 5.41) is 7.68. The highest BCUT2D eigenvalue weighted by Crippen LogP contribution is 2.03. The van der Waals surface area contributed by atoms with Gasteiger partial charge in [0.25, 0.3) is 0 Å². The largest absolute Gasteiger partial charge is 0.379 e. The van der Waals surface area contributed by atoms with Crippen LogP contribution >= 0.6 is 35.8 Å². The molecule has 0 aliphatic heterocycles. The first kappa shape index (κ1) is 12.8. The predicted molar refractivity (Wildman–Crippen MR) is 51.2 cm³/mol. The average Bonchev–Trinajstić information content (AvgIpc) is 1.63. The predicted octanol–water partition coefficient (Wildman–Crippen LogP) is 2.18. The molecule has 0 radical (unpaired) electrons. The van der Waals surface area contributed by atoms with E-state index in [-0.39, 0.29) is 17.6 Å². The zero-order chi connectivity index (χ0) is 7.28. The number of halogens is 2. The van der Waals surface area contributed by atoms with Crippen LogP contribution in [0.3, 0.4) is 0 Å². The number of hydrogen-bond acceptors (Lipinski definition) is 2. The molecule has 0 fully saturated rings. The molecule has 10 heavy (non-hydrogen) atoms. The molecular weight excluding hydrogens is 191 g/mol. The van der Waals surface area contributed by atoms with E-state index in [1.54, 1.807) is 6.92 Å². The van der Waals surface area contributed by atoms with Crippen molar-refractivity contribution in [1.82, 2.24) is 0 Å². The number of amidine groups is 1. The first-order chi connectivity index (χ1) is 4.13. The number of hydrogen-bond donors (Lipinski definition) is 2. The summed E-state index contributed by atoms with van der Waals surface area (Å²) in [4.78, 5) is 0. The highest BCUT2D eigenvalue weighted by Gasteiger charge is 1.86. The van der Waals surface area contributed by atoms with Gasteiger partial charge in [-0.05, 0) is 6.92 Å². The van der Waals surface area contributed by atoms with Gasteiger partial charge >= 0.3 is 0 Å². The van der Waals surface area contributed by atoms with Gasteiger partial charge in [-0.15, -0.1) is 12.4 Å². The van der Waals surface area contributed by atoms with Crippen LogP contribution < -0.4 is 5.73 Å². The fourth-order valence-electron chi connectivity index (χ4n) is 0.246. The molecule has 0 aliphatic rings. The fourth-order valence-corrected chi connectivity index (χ4v) is 0.928. The standard InChI is InChI=1S/C5H9ClN2S.ClH/c1-4(6)2-3-9-5(7)8;/h2H,3H2,1H3,(H3,7,8);1H. The fraction of sp³-hybridized carbons (Fsp3) is 0.400. The summed E-state index contributed by atoms with van der Waals surface area (Å²) >= 11 is 6.76. The molecule has 3 N–H and O–H groups in total. The van der Waals surface area contributed by atoms with Gasteiger partial charge in [0.05, 0.1) is 0 Å². The van der Waals surface area contributed by atoms with Crippen molar-refractivity contribution in [2.24, 2.45) is 5.73 Å². The summed E-state index contributed by atoms with van der Waals surface area (Å²) in [6.07, 6.45) is 1.81. The first-order valence-corrected chi connectivity index (χ1v) is 3.78. The molecular formula is C5H10Cl2N2S. The Morgan fingerprint density at radius 1 is 1.80 bits per heavy atom. The Morgan fingerprint density at radius 2 is 2.30 bits per heavy atom. The third-order valence-corrected chi connectivity index (χ3v) is 1.40. The Kier molecular flexibility index (Phi) is 9.27. The molecule has 0 rings (SSSR count). The van der Waals surface area contributed by atoms with Crippen molar-refractivity contribution in [2.75, 3.05) is 5.75 Å². The second-order valence-electron chi connectivity index (χ2n) is 1.47. The zero-order valence-corrected chi connectivity index (χ0v) is 7.95. The molecule has 0 bridgehead atoms. The van der Waals surface area contributed by atoms with E-state index < -0.39 is 0 Å². The van der Waals surface area contributed by atoms with Crippen LogP contribution in [0.5, 0.6) is 0 Å². The Hall–Kier alpha value is 0.140. The van der Waals surface area contributed by atoms with Gasteiger partial charge < -0.3 is 5.73 Å². The van der Waals surface area contributed by atoms with E-state index >= 15 is 0 Å². The molecule has 0 heterocycles. The van der Waals surface area contributed by atoms with Crippen molar-refractivity contribution in [3.05, 3.63) is 11.1 Å². The number of allylic oxidation sites excluding steroid dienone is 1. The van der Waals surface area contributed by atoms with Crippen LogP contribution in [0.15, 0.2) is 11.1 Å². The lowest BCUT2D eigenvalue weighted by Gasteiger charge is -1.90.